The number of hydrogen-bond acceptors (Lipinski definition) is 3. The lowest BCUT2D eigenvalue weighted by Gasteiger charge is -2.43. The molecule has 0 spiro atoms. The summed E-state index contributed by atoms with van der Waals surface area (Å²) in [4.78, 5) is 39.3. The van der Waals surface area contributed by atoms with Crippen LogP contribution in [0.4, 0.5) is 0 Å². The van der Waals surface area contributed by atoms with Crippen molar-refractivity contribution < 1.29 is 14.4 Å². The van der Waals surface area contributed by atoms with Gasteiger partial charge in [-0.05, 0) is 18.1 Å². The van der Waals surface area contributed by atoms with Crippen LogP contribution in [0.1, 0.15) is 12.0 Å². The van der Waals surface area contributed by atoms with Crippen LogP contribution in [-0.2, 0) is 20.8 Å². The van der Waals surface area contributed by atoms with Crippen molar-refractivity contribution >= 4 is 29.3 Å². The molecule has 0 radical (unpaired) electrons. The number of benzene rings is 1. The summed E-state index contributed by atoms with van der Waals surface area (Å²) >= 11 is 6.06. The van der Waals surface area contributed by atoms with Crippen LogP contribution in [0.5, 0.6) is 0 Å². The van der Waals surface area contributed by atoms with Gasteiger partial charge < -0.3 is 4.90 Å². The first-order chi connectivity index (χ1) is 10.6. The van der Waals surface area contributed by atoms with Gasteiger partial charge in [0.15, 0.2) is 0 Å². The molecule has 22 heavy (non-hydrogen) atoms. The van der Waals surface area contributed by atoms with E-state index in [2.05, 4.69) is 0 Å². The molecule has 0 bridgehead atoms. The van der Waals surface area contributed by atoms with E-state index in [9.17, 15) is 14.4 Å². The molecular weight excluding hydrogens is 304 g/mol. The molecule has 2 saturated heterocycles. The van der Waals surface area contributed by atoms with Gasteiger partial charge in [0.25, 0.3) is 0 Å². The molecule has 2 atom stereocenters. The quantitative estimate of drug-likeness (QED) is 0.784. The average molecular weight is 319 g/mol. The molecule has 0 aromatic heterocycles. The Balaban J connectivity index is 1.35. The van der Waals surface area contributed by atoms with Crippen molar-refractivity contribution in [3.63, 3.8) is 0 Å². The third-order valence-corrected chi connectivity index (χ3v) is 5.15. The number of nitrogens with zero attached hydrogens (tertiary/aromatic N) is 2. The van der Waals surface area contributed by atoms with Crippen molar-refractivity contribution in [1.29, 1.82) is 0 Å². The predicted molar refractivity (Wildman–Crippen MR) is 79.0 cm³/mol. The summed E-state index contributed by atoms with van der Waals surface area (Å²) in [5.41, 5.74) is 0.798. The normalized spacial score (nSPS) is 27.0. The number of hydrogen-bond donors (Lipinski definition) is 0. The van der Waals surface area contributed by atoms with Crippen LogP contribution in [0.15, 0.2) is 24.3 Å². The molecule has 114 valence electrons. The number of halogens is 1. The van der Waals surface area contributed by atoms with E-state index in [4.69, 9.17) is 11.6 Å². The number of rotatable bonds is 3. The third-order valence-electron chi connectivity index (χ3n) is 4.78. The zero-order valence-corrected chi connectivity index (χ0v) is 12.6. The van der Waals surface area contributed by atoms with Crippen molar-refractivity contribution in [3.05, 3.63) is 34.9 Å². The van der Waals surface area contributed by atoms with E-state index in [1.165, 1.54) is 4.90 Å². The average Bonchev–Trinajstić information content (AvgIpc) is 3.19. The Kier molecular flexibility index (Phi) is 3.01. The van der Waals surface area contributed by atoms with Gasteiger partial charge in [-0.3, -0.25) is 19.3 Å². The van der Waals surface area contributed by atoms with Gasteiger partial charge in [0, 0.05) is 18.1 Å². The Morgan fingerprint density at radius 1 is 1.14 bits per heavy atom. The van der Waals surface area contributed by atoms with Crippen LogP contribution in [-0.4, -0.2) is 46.7 Å². The minimum atomic E-state index is -0.136. The number of amides is 3. The molecule has 0 N–H and O–H groups in total. The summed E-state index contributed by atoms with van der Waals surface area (Å²) in [6.07, 6.45) is 0.968. The molecule has 1 saturated carbocycles. The highest BCUT2D eigenvalue weighted by Crippen LogP contribution is 2.48. The van der Waals surface area contributed by atoms with Gasteiger partial charge in [-0.15, -0.1) is 0 Å². The number of carbonyl (C=O) groups is 3. The lowest BCUT2D eigenvalue weighted by Crippen LogP contribution is -2.63. The fraction of sp³-hybridized carbons (Fsp3) is 0.438. The first-order valence-corrected chi connectivity index (χ1v) is 7.82. The molecule has 1 aliphatic carbocycles. The predicted octanol–water partition coefficient (Wildman–Crippen LogP) is 1.10. The summed E-state index contributed by atoms with van der Waals surface area (Å²) in [6.45, 7) is 0.889. The molecule has 6 heteroatoms. The second kappa shape index (κ2) is 4.81. The monoisotopic (exact) mass is 318 g/mol. The highest BCUT2D eigenvalue weighted by atomic mass is 35.5. The van der Waals surface area contributed by atoms with Gasteiger partial charge in [-0.25, -0.2) is 0 Å². The van der Waals surface area contributed by atoms with Crippen LogP contribution in [0.25, 0.3) is 0 Å². The number of piperidine rings is 1. The Morgan fingerprint density at radius 2 is 1.77 bits per heavy atom. The maximum atomic E-state index is 12.2. The zero-order valence-electron chi connectivity index (χ0n) is 11.9. The van der Waals surface area contributed by atoms with E-state index < -0.39 is 0 Å². The number of imide groups is 1. The molecule has 3 amide bonds. The lowest BCUT2D eigenvalue weighted by atomic mass is 10.0. The summed E-state index contributed by atoms with van der Waals surface area (Å²) in [5, 5.41) is 0.581. The third kappa shape index (κ3) is 2.03. The smallest absolute Gasteiger partial charge is 0.233 e. The topological polar surface area (TPSA) is 57.7 Å². The van der Waals surface area contributed by atoms with Crippen molar-refractivity contribution in [3.8, 4) is 0 Å². The van der Waals surface area contributed by atoms with Crippen molar-refractivity contribution in [2.45, 2.75) is 18.9 Å². The van der Waals surface area contributed by atoms with Crippen LogP contribution in [0.3, 0.4) is 0 Å². The first-order valence-electron chi connectivity index (χ1n) is 7.44. The maximum absolute atomic E-state index is 12.2. The standard InChI is InChI=1S/C16H15ClN2O3/c17-13-4-2-1-3-9(13)5-14(20)18-7-10(8-18)19-15(21)11-6-12(11)16(19)22/h1-4,10-12H,5-8H2. The van der Waals surface area contributed by atoms with Crippen LogP contribution in [0.2, 0.25) is 5.02 Å². The minimum absolute atomic E-state index is 0.0198. The molecule has 5 nitrogen and oxygen atoms in total. The van der Waals surface area contributed by atoms with E-state index in [0.29, 0.717) is 18.1 Å². The molecule has 2 heterocycles. The molecule has 1 aromatic carbocycles. The maximum Gasteiger partial charge on any atom is 0.233 e. The molecule has 1 aromatic rings. The van der Waals surface area contributed by atoms with Gasteiger partial charge in [0.2, 0.25) is 17.7 Å². The Labute approximate surface area is 132 Å². The fourth-order valence-electron chi connectivity index (χ4n) is 3.31. The second-order valence-electron chi connectivity index (χ2n) is 6.22. The molecule has 4 rings (SSSR count). The second-order valence-corrected chi connectivity index (χ2v) is 6.62. The SMILES string of the molecule is O=C(Cc1ccccc1Cl)N1CC(N2C(=O)C3CC3C2=O)C1. The van der Waals surface area contributed by atoms with Crippen molar-refractivity contribution in [1.82, 2.24) is 9.80 Å². The highest BCUT2D eigenvalue weighted by Gasteiger charge is 2.61. The molecule has 2 aliphatic heterocycles. The largest absolute Gasteiger partial charge is 0.338 e. The summed E-state index contributed by atoms with van der Waals surface area (Å²) < 4.78 is 0. The van der Waals surface area contributed by atoms with Crippen LogP contribution < -0.4 is 0 Å². The van der Waals surface area contributed by atoms with E-state index in [0.717, 1.165) is 12.0 Å². The zero-order chi connectivity index (χ0) is 15.4. The van der Waals surface area contributed by atoms with E-state index in [-0.39, 0.29) is 42.0 Å². The van der Waals surface area contributed by atoms with E-state index in [1.807, 2.05) is 18.2 Å². The number of likely N-dealkylation sites (tertiary alicyclic amines) is 2. The van der Waals surface area contributed by atoms with Gasteiger partial charge in [0.1, 0.15) is 0 Å². The van der Waals surface area contributed by atoms with E-state index >= 15 is 0 Å². The van der Waals surface area contributed by atoms with Crippen molar-refractivity contribution in [2.75, 3.05) is 13.1 Å². The fourth-order valence-corrected chi connectivity index (χ4v) is 3.51. The van der Waals surface area contributed by atoms with Gasteiger partial charge in [-0.2, -0.15) is 0 Å². The molecule has 2 unspecified atom stereocenters. The Morgan fingerprint density at radius 3 is 2.41 bits per heavy atom. The Hall–Kier alpha value is -1.88. The summed E-state index contributed by atoms with van der Waals surface area (Å²) in [6, 6.07) is 7.13. The first kappa shape index (κ1) is 13.8. The molecule has 3 aliphatic rings. The van der Waals surface area contributed by atoms with Crippen LogP contribution >= 0.6 is 11.6 Å². The highest BCUT2D eigenvalue weighted by molar-refractivity contribution is 6.31. The Bertz CT molecular complexity index is 664. The number of carbonyl (C=O) groups excluding carboxylic acids is 3. The summed E-state index contributed by atoms with van der Waals surface area (Å²) in [7, 11) is 0. The molecular formula is C16H15ClN2O3. The van der Waals surface area contributed by atoms with Crippen molar-refractivity contribution in [2.24, 2.45) is 11.8 Å². The van der Waals surface area contributed by atoms with Gasteiger partial charge >= 0.3 is 0 Å². The van der Waals surface area contributed by atoms with Gasteiger partial charge in [-0.1, -0.05) is 29.8 Å². The minimum Gasteiger partial charge on any atom is -0.338 e. The lowest BCUT2D eigenvalue weighted by molar-refractivity contribution is -0.153. The van der Waals surface area contributed by atoms with E-state index in [1.54, 1.807) is 11.0 Å². The number of fused-ring (bicyclic) bond motifs is 1. The van der Waals surface area contributed by atoms with Gasteiger partial charge in [0.05, 0.1) is 24.3 Å². The van der Waals surface area contributed by atoms with Crippen LogP contribution in [0, 0.1) is 11.8 Å². The summed E-state index contributed by atoms with van der Waals surface area (Å²) in [5.74, 6) is -0.245. The molecule has 3 fully saturated rings.